The second kappa shape index (κ2) is 5.36. The van der Waals surface area contributed by atoms with Crippen molar-refractivity contribution in [2.24, 2.45) is 0 Å². The first-order valence-electron chi connectivity index (χ1n) is 6.71. The third kappa shape index (κ3) is 2.63. The van der Waals surface area contributed by atoms with Crippen LogP contribution in [0, 0.1) is 5.82 Å². The van der Waals surface area contributed by atoms with Gasteiger partial charge in [-0.05, 0) is 35.4 Å². The number of rotatable bonds is 3. The number of hydrogen-bond acceptors (Lipinski definition) is 2. The number of carbonyl (C=O) groups is 1. The van der Waals surface area contributed by atoms with Gasteiger partial charge in [-0.1, -0.05) is 25.1 Å². The van der Waals surface area contributed by atoms with E-state index in [2.05, 4.69) is 15.5 Å². The van der Waals surface area contributed by atoms with E-state index in [4.69, 9.17) is 0 Å². The zero-order valence-electron chi connectivity index (χ0n) is 11.5. The molecule has 0 saturated carbocycles. The molecule has 1 aromatic heterocycles. The summed E-state index contributed by atoms with van der Waals surface area (Å²) in [6, 6.07) is 12.1. The number of aromatic nitrogens is 2. The fourth-order valence-electron chi connectivity index (χ4n) is 2.16. The van der Waals surface area contributed by atoms with Crippen molar-refractivity contribution in [3.8, 4) is 11.1 Å². The monoisotopic (exact) mass is 283 g/mol. The van der Waals surface area contributed by atoms with E-state index in [-0.39, 0.29) is 11.7 Å². The molecule has 1 heterocycles. The fraction of sp³-hybridized carbons (Fsp3) is 0.125. The number of carbonyl (C=O) groups excluding carboxylic acids is 1. The zero-order chi connectivity index (χ0) is 14.8. The van der Waals surface area contributed by atoms with Crippen LogP contribution in [0.1, 0.15) is 13.3 Å². The molecule has 106 valence electrons. The summed E-state index contributed by atoms with van der Waals surface area (Å²) < 4.78 is 13.0. The van der Waals surface area contributed by atoms with Crippen molar-refractivity contribution in [1.29, 1.82) is 0 Å². The van der Waals surface area contributed by atoms with Crippen molar-refractivity contribution in [3.63, 3.8) is 0 Å². The highest BCUT2D eigenvalue weighted by Gasteiger charge is 2.09. The van der Waals surface area contributed by atoms with Crippen molar-refractivity contribution in [2.45, 2.75) is 13.3 Å². The molecule has 3 aromatic rings. The molecular weight excluding hydrogens is 269 g/mol. The average molecular weight is 283 g/mol. The third-order valence-electron chi connectivity index (χ3n) is 3.32. The normalized spacial score (nSPS) is 10.8. The Morgan fingerprint density at radius 3 is 2.62 bits per heavy atom. The molecule has 4 nitrogen and oxygen atoms in total. The number of nitrogens with zero attached hydrogens (tertiary/aromatic N) is 1. The largest absolute Gasteiger partial charge is 0.309 e. The molecule has 1 amide bonds. The van der Waals surface area contributed by atoms with Gasteiger partial charge in [0.15, 0.2) is 5.82 Å². The number of aromatic amines is 1. The van der Waals surface area contributed by atoms with E-state index in [1.54, 1.807) is 19.1 Å². The molecule has 0 radical (unpaired) electrons. The number of anilines is 1. The van der Waals surface area contributed by atoms with Gasteiger partial charge in [0.25, 0.3) is 0 Å². The zero-order valence-corrected chi connectivity index (χ0v) is 11.5. The predicted molar refractivity (Wildman–Crippen MR) is 80.4 cm³/mol. The van der Waals surface area contributed by atoms with E-state index in [1.807, 2.05) is 18.2 Å². The predicted octanol–water partition coefficient (Wildman–Crippen LogP) is 3.72. The number of benzene rings is 2. The van der Waals surface area contributed by atoms with Crippen molar-refractivity contribution in [2.75, 3.05) is 5.32 Å². The molecule has 0 aliphatic heterocycles. The Kier molecular flexibility index (Phi) is 3.39. The molecule has 5 heteroatoms. The Labute approximate surface area is 121 Å². The maximum Gasteiger partial charge on any atom is 0.225 e. The van der Waals surface area contributed by atoms with E-state index in [0.717, 1.165) is 22.0 Å². The van der Waals surface area contributed by atoms with Crippen LogP contribution >= 0.6 is 0 Å². The first-order chi connectivity index (χ1) is 10.2. The Morgan fingerprint density at radius 2 is 1.90 bits per heavy atom. The summed E-state index contributed by atoms with van der Waals surface area (Å²) in [6.45, 7) is 1.79. The molecule has 0 bridgehead atoms. The van der Waals surface area contributed by atoms with Gasteiger partial charge < -0.3 is 5.32 Å². The van der Waals surface area contributed by atoms with Gasteiger partial charge in [0.1, 0.15) is 5.82 Å². The summed E-state index contributed by atoms with van der Waals surface area (Å²) in [5.41, 5.74) is 2.70. The number of nitrogens with one attached hydrogen (secondary N) is 2. The van der Waals surface area contributed by atoms with Crippen LogP contribution in [0.4, 0.5) is 10.2 Å². The lowest BCUT2D eigenvalue weighted by molar-refractivity contribution is -0.115. The maximum absolute atomic E-state index is 13.0. The van der Waals surface area contributed by atoms with Gasteiger partial charge >= 0.3 is 0 Å². The minimum Gasteiger partial charge on any atom is -0.309 e. The molecule has 0 atom stereocenters. The van der Waals surface area contributed by atoms with Crippen LogP contribution in [0.5, 0.6) is 0 Å². The van der Waals surface area contributed by atoms with Crippen molar-refractivity contribution < 1.29 is 9.18 Å². The number of halogens is 1. The van der Waals surface area contributed by atoms with Gasteiger partial charge in [-0.25, -0.2) is 4.39 Å². The molecule has 0 aliphatic rings. The highest BCUT2D eigenvalue weighted by Crippen LogP contribution is 2.27. The average Bonchev–Trinajstić information content (AvgIpc) is 2.90. The molecule has 3 rings (SSSR count). The minimum absolute atomic E-state index is 0.0778. The summed E-state index contributed by atoms with van der Waals surface area (Å²) in [4.78, 5) is 11.4. The van der Waals surface area contributed by atoms with Crippen LogP contribution in [0.15, 0.2) is 42.5 Å². The van der Waals surface area contributed by atoms with E-state index < -0.39 is 0 Å². The maximum atomic E-state index is 13.0. The fourth-order valence-corrected chi connectivity index (χ4v) is 2.16. The van der Waals surface area contributed by atoms with Gasteiger partial charge in [0.05, 0.1) is 5.52 Å². The molecule has 0 saturated heterocycles. The highest BCUT2D eigenvalue weighted by molar-refractivity contribution is 6.00. The summed E-state index contributed by atoms with van der Waals surface area (Å²) in [5.74, 6) is 0.194. The first kappa shape index (κ1) is 13.3. The minimum atomic E-state index is -0.258. The molecule has 0 fully saturated rings. The molecule has 2 N–H and O–H groups in total. The molecule has 21 heavy (non-hydrogen) atoms. The van der Waals surface area contributed by atoms with Crippen LogP contribution in [0.2, 0.25) is 0 Å². The Bertz CT molecular complexity index is 793. The van der Waals surface area contributed by atoms with Gasteiger partial charge in [-0.2, -0.15) is 5.10 Å². The second-order valence-electron chi connectivity index (χ2n) is 4.74. The van der Waals surface area contributed by atoms with E-state index in [0.29, 0.717) is 12.2 Å². The molecule has 0 spiro atoms. The molecule has 2 aromatic carbocycles. The molecule has 0 aliphatic carbocycles. The lowest BCUT2D eigenvalue weighted by atomic mass is 10.0. The molecular formula is C16H14FN3O. The summed E-state index contributed by atoms with van der Waals surface area (Å²) >= 11 is 0. The van der Waals surface area contributed by atoms with Crippen LogP contribution in [0.3, 0.4) is 0 Å². The smallest absolute Gasteiger partial charge is 0.225 e. The van der Waals surface area contributed by atoms with Crippen LogP contribution < -0.4 is 5.32 Å². The van der Waals surface area contributed by atoms with Gasteiger partial charge in [-0.15, -0.1) is 0 Å². The number of fused-ring (bicyclic) bond motifs is 1. The quantitative estimate of drug-likeness (QED) is 0.769. The van der Waals surface area contributed by atoms with Crippen molar-refractivity contribution >= 4 is 22.6 Å². The highest BCUT2D eigenvalue weighted by atomic mass is 19.1. The SMILES string of the molecule is CCC(=O)Nc1n[nH]c2cc(-c3ccc(F)cc3)ccc12. The van der Waals surface area contributed by atoms with Crippen molar-refractivity contribution in [3.05, 3.63) is 48.3 Å². The lowest BCUT2D eigenvalue weighted by Crippen LogP contribution is -2.09. The second-order valence-corrected chi connectivity index (χ2v) is 4.74. The van der Waals surface area contributed by atoms with Crippen molar-refractivity contribution in [1.82, 2.24) is 10.2 Å². The van der Waals surface area contributed by atoms with E-state index in [9.17, 15) is 9.18 Å². The van der Waals surface area contributed by atoms with Gasteiger partial charge in [-0.3, -0.25) is 9.89 Å². The van der Waals surface area contributed by atoms with Gasteiger partial charge in [0.2, 0.25) is 5.91 Å². The Hall–Kier alpha value is -2.69. The van der Waals surface area contributed by atoms with Gasteiger partial charge in [0, 0.05) is 11.8 Å². The summed E-state index contributed by atoms with van der Waals surface area (Å²) in [5, 5.41) is 10.6. The summed E-state index contributed by atoms with van der Waals surface area (Å²) in [7, 11) is 0. The first-order valence-corrected chi connectivity index (χ1v) is 6.71. The molecule has 0 unspecified atom stereocenters. The standard InChI is InChI=1S/C16H14FN3O/c1-2-15(21)18-16-13-8-5-11(9-14(13)19-20-16)10-3-6-12(17)7-4-10/h3-9H,2H2,1H3,(H2,18,19,20,21). The van der Waals surface area contributed by atoms with Crippen LogP contribution in [-0.2, 0) is 4.79 Å². The topological polar surface area (TPSA) is 57.8 Å². The number of H-pyrrole nitrogens is 1. The number of amides is 1. The lowest BCUT2D eigenvalue weighted by Gasteiger charge is -2.03. The summed E-state index contributed by atoms with van der Waals surface area (Å²) in [6.07, 6.45) is 0.405. The Balaban J connectivity index is 1.98. The Morgan fingerprint density at radius 1 is 1.19 bits per heavy atom. The number of hydrogen-bond donors (Lipinski definition) is 2. The van der Waals surface area contributed by atoms with E-state index in [1.165, 1.54) is 12.1 Å². The third-order valence-corrected chi connectivity index (χ3v) is 3.32. The van der Waals surface area contributed by atoms with Crippen LogP contribution in [0.25, 0.3) is 22.0 Å². The van der Waals surface area contributed by atoms with Crippen LogP contribution in [-0.4, -0.2) is 16.1 Å². The van der Waals surface area contributed by atoms with E-state index >= 15 is 0 Å².